The largest absolute Gasteiger partial charge is 0.423 e. The molecule has 0 spiro atoms. The second kappa shape index (κ2) is 10.9. The van der Waals surface area contributed by atoms with Gasteiger partial charge in [-0.05, 0) is 60.7 Å². The first-order valence-corrected chi connectivity index (χ1v) is 13.0. The minimum Gasteiger partial charge on any atom is -0.423 e. The first kappa shape index (κ1) is 25.8. The standard InChI is InChI=1S/C30H25FN8O2/c1-37-25-5-3-2-4-24(25)26(18-27(37)40)41-30-35-28(33-22-10-6-20(19-32)7-11-22)34-29(36-30)39-16-14-38(15-17-39)23-12-8-21(31)9-13-23/h2-13,18H,14-17H2,1H3,(H,33,34,35,36). The fraction of sp³-hybridized carbons (Fsp3) is 0.167. The predicted molar refractivity (Wildman–Crippen MR) is 154 cm³/mol. The number of anilines is 4. The van der Waals surface area contributed by atoms with Crippen LogP contribution in [0, 0.1) is 17.1 Å². The second-order valence-electron chi connectivity index (χ2n) is 9.53. The predicted octanol–water partition coefficient (Wildman–Crippen LogP) is 4.60. The fourth-order valence-corrected chi connectivity index (χ4v) is 4.73. The number of nitrogens with one attached hydrogen (secondary N) is 1. The number of para-hydroxylation sites is 1. The number of piperazine rings is 1. The van der Waals surface area contributed by atoms with E-state index in [-0.39, 0.29) is 23.3 Å². The molecule has 0 atom stereocenters. The molecule has 0 unspecified atom stereocenters. The zero-order valence-corrected chi connectivity index (χ0v) is 22.2. The lowest BCUT2D eigenvalue weighted by molar-refractivity contribution is 0.443. The van der Waals surface area contributed by atoms with Crippen molar-refractivity contribution < 1.29 is 9.13 Å². The van der Waals surface area contributed by atoms with Gasteiger partial charge in [-0.15, -0.1) is 0 Å². The average molecular weight is 549 g/mol. The van der Waals surface area contributed by atoms with Crippen molar-refractivity contribution in [2.75, 3.05) is 41.3 Å². The molecule has 0 saturated carbocycles. The smallest absolute Gasteiger partial charge is 0.328 e. The highest BCUT2D eigenvalue weighted by Gasteiger charge is 2.22. The quantitative estimate of drug-likeness (QED) is 0.325. The lowest BCUT2D eigenvalue weighted by Gasteiger charge is -2.36. The van der Waals surface area contributed by atoms with Gasteiger partial charge in [0.1, 0.15) is 11.6 Å². The molecule has 0 aliphatic carbocycles. The van der Waals surface area contributed by atoms with Gasteiger partial charge in [-0.25, -0.2) is 4.39 Å². The van der Waals surface area contributed by atoms with E-state index in [4.69, 9.17) is 10.00 Å². The third-order valence-corrected chi connectivity index (χ3v) is 6.94. The topological polar surface area (TPSA) is 112 Å². The number of rotatable bonds is 6. The van der Waals surface area contributed by atoms with E-state index in [9.17, 15) is 9.18 Å². The highest BCUT2D eigenvalue weighted by Crippen LogP contribution is 2.29. The number of benzene rings is 3. The number of aryl methyl sites for hydroxylation is 1. The Hall–Kier alpha value is -5.50. The van der Waals surface area contributed by atoms with Crippen LogP contribution < -0.4 is 25.4 Å². The third-order valence-electron chi connectivity index (χ3n) is 6.94. The molecular weight excluding hydrogens is 523 g/mol. The van der Waals surface area contributed by atoms with Crippen molar-refractivity contribution in [2.24, 2.45) is 7.05 Å². The highest BCUT2D eigenvalue weighted by molar-refractivity contribution is 5.85. The molecule has 0 bridgehead atoms. The van der Waals surface area contributed by atoms with Crippen molar-refractivity contribution >= 4 is 34.2 Å². The summed E-state index contributed by atoms with van der Waals surface area (Å²) < 4.78 is 21.1. The minimum absolute atomic E-state index is 0.0329. The van der Waals surface area contributed by atoms with Crippen molar-refractivity contribution in [2.45, 2.75) is 0 Å². The normalized spacial score (nSPS) is 13.2. The van der Waals surface area contributed by atoms with Crippen molar-refractivity contribution in [3.63, 3.8) is 0 Å². The van der Waals surface area contributed by atoms with Crippen LogP contribution in [0.15, 0.2) is 83.7 Å². The Morgan fingerprint density at radius 1 is 0.902 bits per heavy atom. The van der Waals surface area contributed by atoms with Crippen LogP contribution in [-0.4, -0.2) is 45.7 Å². The summed E-state index contributed by atoms with van der Waals surface area (Å²) >= 11 is 0. The Morgan fingerprint density at radius 3 is 2.34 bits per heavy atom. The van der Waals surface area contributed by atoms with Gasteiger partial charge in [0, 0.05) is 56.1 Å². The van der Waals surface area contributed by atoms with E-state index in [0.29, 0.717) is 49.1 Å². The summed E-state index contributed by atoms with van der Waals surface area (Å²) in [5.74, 6) is 0.740. The van der Waals surface area contributed by atoms with E-state index in [2.05, 4.69) is 31.2 Å². The van der Waals surface area contributed by atoms with Gasteiger partial charge in [-0.1, -0.05) is 12.1 Å². The molecule has 3 aromatic carbocycles. The van der Waals surface area contributed by atoms with E-state index in [0.717, 1.165) is 16.6 Å². The number of hydrogen-bond donors (Lipinski definition) is 1. The molecule has 2 aromatic heterocycles. The van der Waals surface area contributed by atoms with Crippen LogP contribution in [0.3, 0.4) is 0 Å². The van der Waals surface area contributed by atoms with E-state index in [1.165, 1.54) is 18.2 Å². The molecule has 6 rings (SSSR count). The Labute approximate surface area is 234 Å². The summed E-state index contributed by atoms with van der Waals surface area (Å²) in [7, 11) is 1.71. The maximum Gasteiger partial charge on any atom is 0.328 e. The van der Waals surface area contributed by atoms with Crippen LogP contribution in [0.1, 0.15) is 5.56 Å². The van der Waals surface area contributed by atoms with Gasteiger partial charge in [0.15, 0.2) is 0 Å². The maximum absolute atomic E-state index is 13.4. The zero-order chi connectivity index (χ0) is 28.3. The van der Waals surface area contributed by atoms with E-state index in [1.807, 2.05) is 29.2 Å². The Kier molecular flexibility index (Phi) is 6.87. The number of nitriles is 1. The Balaban J connectivity index is 1.32. The lowest BCUT2D eigenvalue weighted by atomic mass is 10.2. The molecule has 5 aromatic rings. The van der Waals surface area contributed by atoms with Crippen molar-refractivity contribution in [3.8, 4) is 17.8 Å². The van der Waals surface area contributed by atoms with Crippen LogP contribution in [0.5, 0.6) is 11.8 Å². The molecule has 10 nitrogen and oxygen atoms in total. The molecule has 1 fully saturated rings. The Bertz CT molecular complexity index is 1810. The molecule has 41 heavy (non-hydrogen) atoms. The summed E-state index contributed by atoms with van der Waals surface area (Å²) in [6.45, 7) is 2.61. The van der Waals surface area contributed by atoms with Gasteiger partial charge in [-0.3, -0.25) is 4.79 Å². The van der Waals surface area contributed by atoms with E-state index >= 15 is 0 Å². The highest BCUT2D eigenvalue weighted by atomic mass is 19.1. The molecule has 1 aliphatic rings. The molecule has 1 N–H and O–H groups in total. The van der Waals surface area contributed by atoms with Gasteiger partial charge in [0.25, 0.3) is 5.56 Å². The fourth-order valence-electron chi connectivity index (χ4n) is 4.73. The number of fused-ring (bicyclic) bond motifs is 1. The third kappa shape index (κ3) is 5.49. The number of hydrogen-bond acceptors (Lipinski definition) is 9. The second-order valence-corrected chi connectivity index (χ2v) is 9.53. The molecule has 0 amide bonds. The summed E-state index contributed by atoms with van der Waals surface area (Å²) in [6, 6.07) is 24.4. The van der Waals surface area contributed by atoms with Gasteiger partial charge < -0.3 is 24.4 Å². The summed E-state index contributed by atoms with van der Waals surface area (Å²) in [5, 5.41) is 13.0. The first-order valence-electron chi connectivity index (χ1n) is 13.0. The van der Waals surface area contributed by atoms with Gasteiger partial charge >= 0.3 is 6.01 Å². The SMILES string of the molecule is Cn1c(=O)cc(Oc2nc(Nc3ccc(C#N)cc3)nc(N3CCN(c4ccc(F)cc4)CC3)n2)c2ccccc21. The van der Waals surface area contributed by atoms with Crippen LogP contribution in [0.4, 0.5) is 27.7 Å². The molecule has 1 aliphatic heterocycles. The van der Waals surface area contributed by atoms with Crippen LogP contribution in [0.2, 0.25) is 0 Å². The molecule has 0 radical (unpaired) electrons. The number of ether oxygens (including phenoxy) is 1. The molecule has 1 saturated heterocycles. The molecule has 204 valence electrons. The first-order chi connectivity index (χ1) is 20.0. The molecule has 11 heteroatoms. The molecular formula is C30H25FN8O2. The molecule has 3 heterocycles. The van der Waals surface area contributed by atoms with Gasteiger partial charge in [-0.2, -0.15) is 20.2 Å². The van der Waals surface area contributed by atoms with Gasteiger partial charge in [0.05, 0.1) is 17.1 Å². The van der Waals surface area contributed by atoms with Crippen molar-refractivity contribution in [1.82, 2.24) is 19.5 Å². The van der Waals surface area contributed by atoms with E-state index in [1.54, 1.807) is 48.0 Å². The number of halogens is 1. The summed E-state index contributed by atoms with van der Waals surface area (Å²) in [4.78, 5) is 30.6. The van der Waals surface area contributed by atoms with Crippen molar-refractivity contribution in [3.05, 3.63) is 101 Å². The summed E-state index contributed by atoms with van der Waals surface area (Å²) in [6.07, 6.45) is 0. The number of nitrogens with zero attached hydrogens (tertiary/aromatic N) is 7. The van der Waals surface area contributed by atoms with Crippen LogP contribution >= 0.6 is 0 Å². The summed E-state index contributed by atoms with van der Waals surface area (Å²) in [5.41, 5.74) is 2.67. The van der Waals surface area contributed by atoms with Crippen LogP contribution in [0.25, 0.3) is 10.9 Å². The van der Waals surface area contributed by atoms with Crippen LogP contribution in [-0.2, 0) is 7.05 Å². The van der Waals surface area contributed by atoms with E-state index < -0.39 is 0 Å². The zero-order valence-electron chi connectivity index (χ0n) is 22.2. The monoisotopic (exact) mass is 548 g/mol. The van der Waals surface area contributed by atoms with Crippen molar-refractivity contribution in [1.29, 1.82) is 5.26 Å². The lowest BCUT2D eigenvalue weighted by Crippen LogP contribution is -2.47. The minimum atomic E-state index is -0.267. The Morgan fingerprint density at radius 2 is 1.61 bits per heavy atom. The number of pyridine rings is 1. The maximum atomic E-state index is 13.4. The average Bonchev–Trinajstić information content (AvgIpc) is 3.00. The number of aromatic nitrogens is 4. The van der Waals surface area contributed by atoms with Gasteiger partial charge in [0.2, 0.25) is 11.9 Å².